The molecular formula is C21H19N3O3S2. The second-order valence-electron chi connectivity index (χ2n) is 6.88. The summed E-state index contributed by atoms with van der Waals surface area (Å²) in [5.74, 6) is 1.21. The second kappa shape index (κ2) is 7.68. The summed E-state index contributed by atoms with van der Waals surface area (Å²) >= 11 is 3.14. The molecule has 0 radical (unpaired) electrons. The van der Waals surface area contributed by atoms with Crippen LogP contribution in [0.25, 0.3) is 15.9 Å². The lowest BCUT2D eigenvalue weighted by atomic mass is 9.97. The number of nitrogens with zero attached hydrogens (tertiary/aromatic N) is 3. The molecule has 0 unspecified atom stereocenters. The highest BCUT2D eigenvalue weighted by Gasteiger charge is 2.24. The van der Waals surface area contributed by atoms with Crippen LogP contribution in [-0.4, -0.2) is 21.8 Å². The number of ether oxygens (including phenoxy) is 1. The van der Waals surface area contributed by atoms with Crippen LogP contribution in [0.3, 0.4) is 0 Å². The molecule has 3 aromatic heterocycles. The first-order chi connectivity index (χ1) is 14.3. The Balaban J connectivity index is 1.73. The van der Waals surface area contributed by atoms with E-state index in [1.165, 1.54) is 28.6 Å². The van der Waals surface area contributed by atoms with Crippen LogP contribution in [0.2, 0.25) is 0 Å². The highest BCUT2D eigenvalue weighted by atomic mass is 32.2. The highest BCUT2D eigenvalue weighted by molar-refractivity contribution is 7.98. The van der Waals surface area contributed by atoms with E-state index in [0.717, 1.165) is 35.2 Å². The Morgan fingerprint density at radius 3 is 2.93 bits per heavy atom. The van der Waals surface area contributed by atoms with Crippen molar-refractivity contribution in [2.75, 3.05) is 7.11 Å². The van der Waals surface area contributed by atoms with Crippen LogP contribution in [0.4, 0.5) is 0 Å². The van der Waals surface area contributed by atoms with E-state index in [0.29, 0.717) is 22.3 Å². The van der Waals surface area contributed by atoms with E-state index >= 15 is 0 Å². The molecule has 4 aromatic rings. The van der Waals surface area contributed by atoms with Crippen LogP contribution in [0, 0.1) is 0 Å². The van der Waals surface area contributed by atoms with Gasteiger partial charge in [-0.15, -0.1) is 11.3 Å². The summed E-state index contributed by atoms with van der Waals surface area (Å²) in [6.45, 7) is 0. The summed E-state index contributed by atoms with van der Waals surface area (Å²) < 4.78 is 12.2. The Labute approximate surface area is 175 Å². The molecule has 0 bridgehead atoms. The smallest absolute Gasteiger partial charge is 0.267 e. The number of rotatable bonds is 5. The van der Waals surface area contributed by atoms with E-state index in [9.17, 15) is 4.79 Å². The maximum Gasteiger partial charge on any atom is 0.267 e. The third kappa shape index (κ3) is 3.26. The molecule has 0 saturated carbocycles. The van der Waals surface area contributed by atoms with Gasteiger partial charge in [-0.05, 0) is 43.4 Å². The Morgan fingerprint density at radius 1 is 1.24 bits per heavy atom. The number of hydrogen-bond donors (Lipinski definition) is 0. The third-order valence-corrected chi connectivity index (χ3v) is 7.28. The monoisotopic (exact) mass is 425 g/mol. The highest BCUT2D eigenvalue weighted by Crippen LogP contribution is 2.36. The maximum absolute atomic E-state index is 13.7. The molecule has 5 rings (SSSR count). The molecule has 0 atom stereocenters. The van der Waals surface area contributed by atoms with Crippen molar-refractivity contribution in [1.29, 1.82) is 0 Å². The van der Waals surface area contributed by atoms with Gasteiger partial charge < -0.3 is 9.26 Å². The van der Waals surface area contributed by atoms with E-state index in [4.69, 9.17) is 14.2 Å². The van der Waals surface area contributed by atoms with Gasteiger partial charge in [0.05, 0.1) is 23.9 Å². The summed E-state index contributed by atoms with van der Waals surface area (Å²) in [7, 11) is 1.62. The van der Waals surface area contributed by atoms with Gasteiger partial charge in [0.2, 0.25) is 0 Å². The SMILES string of the molecule is COc1ccccc1-n1c(SCc2ccon2)nc2sc3c(c2c1=O)CCCC3. The minimum atomic E-state index is -0.0263. The van der Waals surface area contributed by atoms with Crippen molar-refractivity contribution in [1.82, 2.24) is 14.7 Å². The van der Waals surface area contributed by atoms with Crippen LogP contribution in [-0.2, 0) is 18.6 Å². The number of methoxy groups -OCH3 is 1. The molecule has 1 aromatic carbocycles. The number of thioether (sulfide) groups is 1. The molecule has 0 spiro atoms. The molecule has 6 nitrogen and oxygen atoms in total. The molecule has 0 saturated heterocycles. The lowest BCUT2D eigenvalue weighted by Crippen LogP contribution is -2.22. The fraction of sp³-hybridized carbons (Fsp3) is 0.286. The van der Waals surface area contributed by atoms with Gasteiger partial charge in [0.15, 0.2) is 5.16 Å². The summed E-state index contributed by atoms with van der Waals surface area (Å²) in [5, 5.41) is 5.37. The number of thiophene rings is 1. The lowest BCUT2D eigenvalue weighted by Gasteiger charge is -2.15. The van der Waals surface area contributed by atoms with Gasteiger partial charge in [-0.3, -0.25) is 9.36 Å². The van der Waals surface area contributed by atoms with Crippen molar-refractivity contribution in [2.24, 2.45) is 0 Å². The van der Waals surface area contributed by atoms with Crippen LogP contribution >= 0.6 is 23.1 Å². The minimum absolute atomic E-state index is 0.0263. The topological polar surface area (TPSA) is 70.2 Å². The Kier molecular flexibility index (Phi) is 4.89. The molecule has 0 amide bonds. The molecule has 3 heterocycles. The van der Waals surface area contributed by atoms with Crippen molar-refractivity contribution in [3.8, 4) is 11.4 Å². The Bertz CT molecular complexity index is 1230. The number of fused-ring (bicyclic) bond motifs is 3. The standard InChI is InChI=1S/C21H19N3O3S2/c1-26-16-8-4-3-7-15(16)24-20(25)18-14-6-2-5-9-17(14)29-19(18)22-21(24)28-12-13-10-11-27-23-13/h3-4,7-8,10-11H,2,5-6,9,12H2,1H3. The van der Waals surface area contributed by atoms with Gasteiger partial charge in [0.1, 0.15) is 16.8 Å². The lowest BCUT2D eigenvalue weighted by molar-refractivity contribution is 0.411. The minimum Gasteiger partial charge on any atom is -0.495 e. The van der Waals surface area contributed by atoms with Gasteiger partial charge in [0.25, 0.3) is 5.56 Å². The summed E-state index contributed by atoms with van der Waals surface area (Å²) in [6.07, 6.45) is 5.83. The molecule has 0 N–H and O–H groups in total. The first kappa shape index (κ1) is 18.4. The molecule has 29 heavy (non-hydrogen) atoms. The molecule has 148 valence electrons. The van der Waals surface area contributed by atoms with E-state index in [1.807, 2.05) is 30.3 Å². The van der Waals surface area contributed by atoms with E-state index in [-0.39, 0.29) is 5.56 Å². The van der Waals surface area contributed by atoms with E-state index < -0.39 is 0 Å². The predicted molar refractivity (Wildman–Crippen MR) is 114 cm³/mol. The predicted octanol–water partition coefficient (Wildman–Crippen LogP) is 4.61. The fourth-order valence-corrected chi connectivity index (χ4v) is 5.96. The number of para-hydroxylation sites is 2. The molecule has 0 fully saturated rings. The van der Waals surface area contributed by atoms with Crippen LogP contribution in [0.5, 0.6) is 5.75 Å². The fourth-order valence-electron chi connectivity index (χ4n) is 3.76. The summed E-state index contributed by atoms with van der Waals surface area (Å²) in [6, 6.07) is 9.38. The number of benzene rings is 1. The zero-order chi connectivity index (χ0) is 19.8. The van der Waals surface area contributed by atoms with Crippen LogP contribution in [0.15, 0.2) is 51.1 Å². The Hall–Kier alpha value is -2.58. The van der Waals surface area contributed by atoms with Gasteiger partial charge >= 0.3 is 0 Å². The van der Waals surface area contributed by atoms with E-state index in [1.54, 1.807) is 29.3 Å². The largest absolute Gasteiger partial charge is 0.495 e. The molecule has 1 aliphatic carbocycles. The third-order valence-electron chi connectivity index (χ3n) is 5.12. The van der Waals surface area contributed by atoms with Crippen molar-refractivity contribution in [2.45, 2.75) is 36.6 Å². The number of aryl methyl sites for hydroxylation is 2. The molecule has 1 aliphatic rings. The van der Waals surface area contributed by atoms with Crippen molar-refractivity contribution in [3.05, 3.63) is 63.1 Å². The van der Waals surface area contributed by atoms with Gasteiger partial charge in [-0.2, -0.15) is 0 Å². The van der Waals surface area contributed by atoms with Gasteiger partial charge in [-0.25, -0.2) is 4.98 Å². The average Bonchev–Trinajstić information content (AvgIpc) is 3.39. The van der Waals surface area contributed by atoms with E-state index in [2.05, 4.69) is 5.16 Å². The summed E-state index contributed by atoms with van der Waals surface area (Å²) in [5.41, 5.74) is 2.67. The molecular weight excluding hydrogens is 406 g/mol. The van der Waals surface area contributed by atoms with Crippen LogP contribution < -0.4 is 10.3 Å². The first-order valence-corrected chi connectivity index (χ1v) is 11.3. The number of hydrogen-bond acceptors (Lipinski definition) is 7. The van der Waals surface area contributed by atoms with Crippen molar-refractivity contribution >= 4 is 33.3 Å². The van der Waals surface area contributed by atoms with Gasteiger partial charge in [-0.1, -0.05) is 29.1 Å². The number of aromatic nitrogens is 3. The second-order valence-corrected chi connectivity index (χ2v) is 8.90. The first-order valence-electron chi connectivity index (χ1n) is 9.49. The van der Waals surface area contributed by atoms with Crippen molar-refractivity contribution in [3.63, 3.8) is 0 Å². The normalized spacial score (nSPS) is 13.6. The van der Waals surface area contributed by atoms with Crippen LogP contribution in [0.1, 0.15) is 29.0 Å². The zero-order valence-electron chi connectivity index (χ0n) is 15.9. The van der Waals surface area contributed by atoms with Crippen molar-refractivity contribution < 1.29 is 9.26 Å². The quantitative estimate of drug-likeness (QED) is 0.343. The maximum atomic E-state index is 13.7. The Morgan fingerprint density at radius 2 is 2.10 bits per heavy atom. The summed E-state index contributed by atoms with van der Waals surface area (Å²) in [4.78, 5) is 20.8. The average molecular weight is 426 g/mol. The molecule has 0 aliphatic heterocycles. The van der Waals surface area contributed by atoms with Gasteiger partial charge in [0, 0.05) is 16.7 Å². The molecule has 8 heteroatoms. The zero-order valence-corrected chi connectivity index (χ0v) is 17.5.